The molecule has 0 spiro atoms. The number of nitrogens with two attached hydrogens (primary N) is 1. The van der Waals surface area contributed by atoms with Gasteiger partial charge in [0, 0.05) is 30.3 Å². The maximum absolute atomic E-state index is 17.1. The Balaban J connectivity index is 1.37. The largest absolute Gasteiger partial charge is 0.486 e. The van der Waals surface area contributed by atoms with Crippen molar-refractivity contribution in [2.75, 3.05) is 50.1 Å². The predicted molar refractivity (Wildman–Crippen MR) is 170 cm³/mol. The van der Waals surface area contributed by atoms with Crippen molar-refractivity contribution >= 4 is 54.7 Å². The molecule has 3 saturated heterocycles. The van der Waals surface area contributed by atoms with Gasteiger partial charge in [-0.15, -0.1) is 11.3 Å². The molecule has 4 aromatic rings. The molecule has 0 amide bonds. The number of nitrogen functional groups attached to an aromatic ring is 1. The minimum Gasteiger partial charge on any atom is -0.486 e. The first-order valence-corrected chi connectivity index (χ1v) is 16.7. The molecular formula is C32H28ClF5N6O3S. The number of anilines is 2. The quantitative estimate of drug-likeness (QED) is 0.226. The fourth-order valence-corrected chi connectivity index (χ4v) is 9.09. The van der Waals surface area contributed by atoms with Crippen LogP contribution in [0.15, 0.2) is 12.1 Å². The summed E-state index contributed by atoms with van der Waals surface area (Å²) < 4.78 is 93.3. The summed E-state index contributed by atoms with van der Waals surface area (Å²) in [5.74, 6) is -1.77. The van der Waals surface area contributed by atoms with Crippen LogP contribution in [0.25, 0.3) is 32.1 Å². The molecule has 0 radical (unpaired) electrons. The fraction of sp³-hybridized carbons (Fsp3) is 0.469. The first kappa shape index (κ1) is 31.6. The minimum atomic E-state index is -2.81. The Morgan fingerprint density at radius 2 is 2.08 bits per heavy atom. The van der Waals surface area contributed by atoms with Gasteiger partial charge in [-0.3, -0.25) is 4.90 Å². The average Bonchev–Trinajstić information content (AvgIpc) is 3.68. The number of aromatic nitrogens is 2. The Kier molecular flexibility index (Phi) is 7.70. The minimum absolute atomic E-state index is 0.00605. The van der Waals surface area contributed by atoms with Gasteiger partial charge in [-0.25, -0.2) is 22.0 Å². The summed E-state index contributed by atoms with van der Waals surface area (Å²) in [6, 6.07) is 3.35. The Labute approximate surface area is 279 Å². The third-order valence-electron chi connectivity index (χ3n) is 9.91. The van der Waals surface area contributed by atoms with Gasteiger partial charge < -0.3 is 24.8 Å². The lowest BCUT2D eigenvalue weighted by Gasteiger charge is -2.38. The van der Waals surface area contributed by atoms with Crippen molar-refractivity contribution in [1.82, 2.24) is 14.9 Å². The molecule has 252 valence electrons. The van der Waals surface area contributed by atoms with Crippen LogP contribution in [0.2, 0.25) is 5.02 Å². The van der Waals surface area contributed by atoms with E-state index in [1.54, 1.807) is 0 Å². The van der Waals surface area contributed by atoms with E-state index in [4.69, 9.17) is 31.5 Å². The smallest absolute Gasteiger partial charge is 0.319 e. The third-order valence-corrected chi connectivity index (χ3v) is 11.3. The van der Waals surface area contributed by atoms with Gasteiger partial charge in [0.1, 0.15) is 47.1 Å². The number of hydrogen-bond donors (Lipinski definition) is 1. The molecule has 2 aromatic heterocycles. The molecule has 8 rings (SSSR count). The zero-order valence-electron chi connectivity index (χ0n) is 25.2. The second-order valence-electron chi connectivity index (χ2n) is 12.6. The Morgan fingerprint density at radius 1 is 1.25 bits per heavy atom. The molecule has 0 bridgehead atoms. The Hall–Kier alpha value is -3.71. The number of benzene rings is 2. The van der Waals surface area contributed by atoms with Crippen molar-refractivity contribution < 1.29 is 36.2 Å². The number of fused-ring (bicyclic) bond motifs is 3. The molecule has 2 N–H and O–H groups in total. The molecule has 9 nitrogen and oxygen atoms in total. The summed E-state index contributed by atoms with van der Waals surface area (Å²) in [7, 11) is 0. The number of thiophene rings is 1. The first-order chi connectivity index (χ1) is 23.1. The summed E-state index contributed by atoms with van der Waals surface area (Å²) in [6.45, 7) is 0.514. The van der Waals surface area contributed by atoms with Crippen molar-refractivity contribution in [3.8, 4) is 29.0 Å². The van der Waals surface area contributed by atoms with E-state index >= 15 is 4.39 Å². The van der Waals surface area contributed by atoms with Crippen molar-refractivity contribution in [2.24, 2.45) is 0 Å². The second kappa shape index (κ2) is 11.7. The Morgan fingerprint density at radius 3 is 2.88 bits per heavy atom. The van der Waals surface area contributed by atoms with Gasteiger partial charge in [-0.05, 0) is 31.0 Å². The van der Waals surface area contributed by atoms with Gasteiger partial charge in [0.05, 0.1) is 52.0 Å². The molecule has 0 saturated carbocycles. The summed E-state index contributed by atoms with van der Waals surface area (Å²) >= 11 is 7.84. The van der Waals surface area contributed by atoms with E-state index in [1.165, 1.54) is 11.0 Å². The van der Waals surface area contributed by atoms with Crippen LogP contribution in [0, 0.1) is 23.0 Å². The average molecular weight is 707 g/mol. The van der Waals surface area contributed by atoms with E-state index in [-0.39, 0.29) is 98.1 Å². The van der Waals surface area contributed by atoms with Crippen molar-refractivity contribution in [2.45, 2.75) is 56.0 Å². The highest BCUT2D eigenvalue weighted by molar-refractivity contribution is 7.23. The molecule has 4 atom stereocenters. The lowest BCUT2D eigenvalue weighted by molar-refractivity contribution is 0.00419. The maximum atomic E-state index is 17.1. The molecular weight excluding hydrogens is 679 g/mol. The van der Waals surface area contributed by atoms with E-state index in [9.17, 15) is 22.8 Å². The molecule has 6 heterocycles. The normalized spacial score (nSPS) is 25.3. The number of halogens is 6. The number of hydrogen-bond acceptors (Lipinski definition) is 10. The van der Waals surface area contributed by atoms with Crippen LogP contribution in [0.4, 0.5) is 32.8 Å². The topological polar surface area (TPSA) is 110 Å². The Bertz CT molecular complexity index is 2010. The highest BCUT2D eigenvalue weighted by Crippen LogP contribution is 2.52. The monoisotopic (exact) mass is 706 g/mol. The van der Waals surface area contributed by atoms with Crippen LogP contribution in [-0.4, -0.2) is 84.6 Å². The van der Waals surface area contributed by atoms with E-state index in [2.05, 4.69) is 9.97 Å². The number of nitriles is 1. The van der Waals surface area contributed by atoms with Crippen LogP contribution < -0.4 is 20.1 Å². The molecule has 16 heteroatoms. The van der Waals surface area contributed by atoms with Crippen LogP contribution in [0.1, 0.15) is 31.2 Å². The SMILES string of the molecule is N#Cc1c(N)sc2c(F)ccc(-c3c(Cl)c4c5c(nc(OC[C@@]67CCCN6C[C@H](F)C7)nc5c3F)N(CC(F)F)C3COCCC3O4)c12. The van der Waals surface area contributed by atoms with Crippen LogP contribution >= 0.6 is 22.9 Å². The summed E-state index contributed by atoms with van der Waals surface area (Å²) in [6.07, 6.45) is -2.45. The highest BCUT2D eigenvalue weighted by Gasteiger charge is 2.50. The van der Waals surface area contributed by atoms with Crippen LogP contribution in [0.5, 0.6) is 11.8 Å². The highest BCUT2D eigenvalue weighted by atomic mass is 35.5. The van der Waals surface area contributed by atoms with Gasteiger partial charge in [0.25, 0.3) is 6.43 Å². The van der Waals surface area contributed by atoms with Crippen molar-refractivity contribution in [1.29, 1.82) is 5.26 Å². The number of alkyl halides is 3. The third kappa shape index (κ3) is 4.82. The standard InChI is InChI=1S/C32H28ClF5N6O3S/c33-24-22(15-2-3-17(35)28-21(15)16(9-39)29(40)48-28)25(38)26-23-27(24)47-19-4-7-45-12-18(19)44(11-20(36)37)30(23)42-31(41-26)46-13-32-5-1-6-43(32)10-14(34)8-32/h2-3,14,18-20H,1,4-8,10-13,40H2/t14-,18?,19?,32+/m1/s1. The van der Waals surface area contributed by atoms with Crippen molar-refractivity contribution in [3.05, 3.63) is 34.4 Å². The molecule has 48 heavy (non-hydrogen) atoms. The zero-order valence-corrected chi connectivity index (χ0v) is 26.8. The molecule has 2 aromatic carbocycles. The maximum Gasteiger partial charge on any atom is 0.319 e. The van der Waals surface area contributed by atoms with E-state index in [0.29, 0.717) is 19.4 Å². The number of ether oxygens (including phenoxy) is 3. The molecule has 4 aliphatic heterocycles. The summed E-state index contributed by atoms with van der Waals surface area (Å²) in [4.78, 5) is 12.4. The molecule has 3 fully saturated rings. The van der Waals surface area contributed by atoms with Crippen LogP contribution in [0.3, 0.4) is 0 Å². The molecule has 4 aliphatic rings. The predicted octanol–water partition coefficient (Wildman–Crippen LogP) is 6.47. The summed E-state index contributed by atoms with van der Waals surface area (Å²) in [5, 5.41) is 9.75. The van der Waals surface area contributed by atoms with Gasteiger partial charge in [0.2, 0.25) is 0 Å². The summed E-state index contributed by atoms with van der Waals surface area (Å²) in [5.41, 5.74) is 4.92. The van der Waals surface area contributed by atoms with Crippen LogP contribution in [-0.2, 0) is 4.74 Å². The number of rotatable bonds is 6. The van der Waals surface area contributed by atoms with Gasteiger partial charge in [-0.1, -0.05) is 17.7 Å². The van der Waals surface area contributed by atoms with E-state index in [1.807, 2.05) is 11.0 Å². The lowest BCUT2D eigenvalue weighted by Crippen LogP contribution is -2.53. The van der Waals surface area contributed by atoms with Gasteiger partial charge >= 0.3 is 6.01 Å². The second-order valence-corrected chi connectivity index (χ2v) is 14.1. The molecule has 2 unspecified atom stereocenters. The van der Waals surface area contributed by atoms with E-state index in [0.717, 1.165) is 23.8 Å². The van der Waals surface area contributed by atoms with Gasteiger partial charge in [0.15, 0.2) is 11.6 Å². The number of nitrogens with zero attached hydrogens (tertiary/aromatic N) is 5. The van der Waals surface area contributed by atoms with E-state index < -0.39 is 48.5 Å². The zero-order chi connectivity index (χ0) is 33.5. The fourth-order valence-electron chi connectivity index (χ4n) is 7.82. The lowest BCUT2D eigenvalue weighted by atomic mass is 9.95. The first-order valence-electron chi connectivity index (χ1n) is 15.5. The van der Waals surface area contributed by atoms with Crippen molar-refractivity contribution in [3.63, 3.8) is 0 Å². The van der Waals surface area contributed by atoms with Gasteiger partial charge in [-0.2, -0.15) is 15.2 Å². The molecule has 0 aliphatic carbocycles.